The summed E-state index contributed by atoms with van der Waals surface area (Å²) in [7, 11) is 4.70. The molecule has 190 valence electrons. The van der Waals surface area contributed by atoms with Crippen molar-refractivity contribution in [1.29, 1.82) is 0 Å². The van der Waals surface area contributed by atoms with Crippen molar-refractivity contribution < 1.29 is 37.6 Å². The molecule has 1 heterocycles. The lowest BCUT2D eigenvalue weighted by molar-refractivity contribution is -0.101. The number of carbonyl (C=O) groups is 2. The average molecular weight is 506 g/mol. The summed E-state index contributed by atoms with van der Waals surface area (Å²) in [5, 5.41) is 0. The maximum absolute atomic E-state index is 13.3. The monoisotopic (exact) mass is 506 g/mol. The fourth-order valence-corrected chi connectivity index (χ4v) is 5.00. The first-order valence-electron chi connectivity index (χ1n) is 11.0. The van der Waals surface area contributed by atoms with Crippen molar-refractivity contribution >= 4 is 19.6 Å². The largest absolute Gasteiger partial charge is 0.497 e. The Labute approximate surface area is 205 Å². The van der Waals surface area contributed by atoms with E-state index in [-0.39, 0.29) is 13.0 Å². The van der Waals surface area contributed by atoms with Gasteiger partial charge in [-0.2, -0.15) is 0 Å². The molecule has 2 aromatic carbocycles. The number of rotatable bonds is 10. The van der Waals surface area contributed by atoms with Crippen LogP contribution in [0.4, 0.5) is 0 Å². The number of methoxy groups -OCH3 is 1. The zero-order valence-electron chi connectivity index (χ0n) is 20.5. The van der Waals surface area contributed by atoms with Gasteiger partial charge in [0.2, 0.25) is 0 Å². The van der Waals surface area contributed by atoms with Gasteiger partial charge in [-0.1, -0.05) is 18.2 Å². The van der Waals surface area contributed by atoms with Crippen molar-refractivity contribution in [2.45, 2.75) is 24.9 Å². The molecular formula is C24H31N2O8P. The van der Waals surface area contributed by atoms with Crippen LogP contribution in [0.2, 0.25) is 0 Å². The summed E-state index contributed by atoms with van der Waals surface area (Å²) in [6.07, 6.45) is -2.44. The van der Waals surface area contributed by atoms with Crippen LogP contribution in [0.3, 0.4) is 0 Å². The zero-order valence-corrected chi connectivity index (χ0v) is 21.3. The minimum atomic E-state index is -3.37. The Bertz CT molecular complexity index is 1030. The highest BCUT2D eigenvalue weighted by Gasteiger charge is 2.44. The Morgan fingerprint density at radius 3 is 2.11 bits per heavy atom. The van der Waals surface area contributed by atoms with Crippen LogP contribution in [0.1, 0.15) is 27.1 Å². The Hall–Kier alpha value is -2.75. The molecule has 1 saturated heterocycles. The molecule has 0 N–H and O–H groups in total. The molecule has 1 fully saturated rings. The first-order chi connectivity index (χ1) is 16.6. The quantitative estimate of drug-likeness (QED) is 0.352. The summed E-state index contributed by atoms with van der Waals surface area (Å²) in [5.41, 5.74) is 0.706. The van der Waals surface area contributed by atoms with Gasteiger partial charge in [0.15, 0.2) is 6.29 Å². The highest BCUT2D eigenvalue weighted by Crippen LogP contribution is 2.53. The topological polar surface area (TPSA) is 104 Å². The van der Waals surface area contributed by atoms with E-state index in [1.807, 2.05) is 0 Å². The molecule has 35 heavy (non-hydrogen) atoms. The number of hydrogen-bond acceptors (Lipinski definition) is 8. The molecule has 11 heteroatoms. The highest BCUT2D eigenvalue weighted by molar-refractivity contribution is 7.53. The summed E-state index contributed by atoms with van der Waals surface area (Å²) >= 11 is 0. The van der Waals surface area contributed by atoms with Gasteiger partial charge >= 0.3 is 19.6 Å². The third-order valence-electron chi connectivity index (χ3n) is 5.40. The van der Waals surface area contributed by atoms with Crippen LogP contribution >= 0.6 is 7.67 Å². The Morgan fingerprint density at radius 1 is 0.943 bits per heavy atom. The fourth-order valence-electron chi connectivity index (χ4n) is 3.47. The Morgan fingerprint density at radius 2 is 1.54 bits per heavy atom. The zero-order chi connectivity index (χ0) is 25.6. The van der Waals surface area contributed by atoms with Crippen LogP contribution in [0.15, 0.2) is 54.6 Å². The van der Waals surface area contributed by atoms with E-state index in [1.54, 1.807) is 82.8 Å². The lowest BCUT2D eigenvalue weighted by Crippen LogP contribution is -2.32. The molecule has 0 unspecified atom stereocenters. The van der Waals surface area contributed by atoms with Crippen LogP contribution in [0, 0.1) is 0 Å². The number of hydrogen-bond donors (Lipinski definition) is 0. The van der Waals surface area contributed by atoms with Crippen LogP contribution < -0.4 is 4.74 Å². The van der Waals surface area contributed by atoms with E-state index in [1.165, 1.54) is 16.5 Å². The minimum Gasteiger partial charge on any atom is -0.497 e. The molecule has 10 nitrogen and oxygen atoms in total. The lowest BCUT2D eigenvalue weighted by atomic mass is 10.1. The Balaban J connectivity index is 1.73. The molecule has 0 saturated carbocycles. The molecule has 3 atom stereocenters. The predicted octanol–water partition coefficient (Wildman–Crippen LogP) is 3.44. The molecule has 1 aliphatic heterocycles. The van der Waals surface area contributed by atoms with Gasteiger partial charge in [-0.05, 0) is 64.6 Å². The van der Waals surface area contributed by atoms with E-state index in [2.05, 4.69) is 0 Å². The molecule has 0 spiro atoms. The van der Waals surface area contributed by atoms with E-state index in [0.717, 1.165) is 0 Å². The lowest BCUT2D eigenvalue weighted by Gasteiger charge is -2.31. The van der Waals surface area contributed by atoms with Gasteiger partial charge in [-0.3, -0.25) is 9.09 Å². The number of carbonyl (C=O) groups excluding carboxylic acids is 2. The molecule has 0 radical (unpaired) electrons. The number of benzene rings is 2. The minimum absolute atomic E-state index is 0.112. The summed E-state index contributed by atoms with van der Waals surface area (Å²) in [5.74, 6) is -0.510. The average Bonchev–Trinajstić information content (AvgIpc) is 3.23. The molecule has 3 rings (SSSR count). The molecule has 0 aliphatic carbocycles. The van der Waals surface area contributed by atoms with Crippen molar-refractivity contribution in [2.75, 3.05) is 41.9 Å². The number of nitrogens with zero attached hydrogens (tertiary/aromatic N) is 2. The van der Waals surface area contributed by atoms with E-state index in [0.29, 0.717) is 16.9 Å². The molecule has 0 amide bonds. The highest BCUT2D eigenvalue weighted by atomic mass is 31.2. The number of esters is 2. The molecular weight excluding hydrogens is 475 g/mol. The third-order valence-corrected chi connectivity index (χ3v) is 7.94. The van der Waals surface area contributed by atoms with Gasteiger partial charge in [-0.15, -0.1) is 0 Å². The standard InChI is InChI=1S/C24H31N2O8P/c1-25(2)35(29,26(3)4)34-22-15-20(33-24(28)18-11-13-19(30-5)14-12-18)21(32-22)16-31-23(27)17-9-7-6-8-10-17/h6-14,20-22H,15-16H2,1-5H3/t20-,21+,22-/m0/s1. The van der Waals surface area contributed by atoms with Crippen molar-refractivity contribution in [2.24, 2.45) is 0 Å². The maximum Gasteiger partial charge on any atom is 0.347 e. The number of ether oxygens (including phenoxy) is 4. The van der Waals surface area contributed by atoms with Gasteiger partial charge in [0.1, 0.15) is 24.6 Å². The van der Waals surface area contributed by atoms with Crippen molar-refractivity contribution in [3.8, 4) is 5.75 Å². The van der Waals surface area contributed by atoms with E-state index in [4.69, 9.17) is 23.5 Å². The van der Waals surface area contributed by atoms with Crippen LogP contribution in [-0.2, 0) is 23.3 Å². The molecule has 2 aromatic rings. The first kappa shape index (κ1) is 26.8. The van der Waals surface area contributed by atoms with Crippen LogP contribution in [0.5, 0.6) is 5.75 Å². The van der Waals surface area contributed by atoms with Gasteiger partial charge in [0, 0.05) is 6.42 Å². The van der Waals surface area contributed by atoms with Crippen molar-refractivity contribution in [3.63, 3.8) is 0 Å². The van der Waals surface area contributed by atoms with Crippen LogP contribution in [-0.4, -0.2) is 81.7 Å². The van der Waals surface area contributed by atoms with E-state index in [9.17, 15) is 14.2 Å². The normalized spacial score (nSPS) is 20.1. The van der Waals surface area contributed by atoms with Gasteiger partial charge < -0.3 is 18.9 Å². The fraction of sp³-hybridized carbons (Fsp3) is 0.417. The summed E-state index contributed by atoms with van der Waals surface area (Å²) in [6.45, 7) is -0.178. The van der Waals surface area contributed by atoms with E-state index >= 15 is 0 Å². The summed E-state index contributed by atoms with van der Waals surface area (Å²) in [4.78, 5) is 25.2. The van der Waals surface area contributed by atoms with Gasteiger partial charge in [-0.25, -0.2) is 18.9 Å². The SMILES string of the molecule is COc1ccc(C(=O)O[C@H]2C[C@H](OP(=O)(N(C)C)N(C)C)O[C@@H]2COC(=O)c2ccccc2)cc1. The second-order valence-corrected chi connectivity index (χ2v) is 11.1. The first-order valence-corrected chi connectivity index (χ1v) is 12.5. The molecule has 1 aliphatic rings. The van der Waals surface area contributed by atoms with Gasteiger partial charge in [0.25, 0.3) is 0 Å². The van der Waals surface area contributed by atoms with Crippen LogP contribution in [0.25, 0.3) is 0 Å². The second kappa shape index (κ2) is 11.8. The Kier molecular flexibility index (Phi) is 9.04. The summed E-state index contributed by atoms with van der Waals surface area (Å²) < 4.78 is 44.2. The van der Waals surface area contributed by atoms with Gasteiger partial charge in [0.05, 0.1) is 18.2 Å². The van der Waals surface area contributed by atoms with E-state index < -0.39 is 38.1 Å². The van der Waals surface area contributed by atoms with Crippen molar-refractivity contribution in [1.82, 2.24) is 9.34 Å². The third kappa shape index (κ3) is 6.68. The molecule has 0 aromatic heterocycles. The van der Waals surface area contributed by atoms with Crippen molar-refractivity contribution in [3.05, 3.63) is 65.7 Å². The summed E-state index contributed by atoms with van der Waals surface area (Å²) in [6, 6.07) is 15.0. The maximum atomic E-state index is 13.3. The predicted molar refractivity (Wildman–Crippen MR) is 128 cm³/mol. The smallest absolute Gasteiger partial charge is 0.347 e. The molecule has 0 bridgehead atoms. The second-order valence-electron chi connectivity index (χ2n) is 8.27.